The normalized spacial score (nSPS) is 21.5. The van der Waals surface area contributed by atoms with Gasteiger partial charge in [-0.1, -0.05) is 6.92 Å². The van der Waals surface area contributed by atoms with Gasteiger partial charge in [-0.3, -0.25) is 9.78 Å². The van der Waals surface area contributed by atoms with E-state index in [9.17, 15) is 4.79 Å². The van der Waals surface area contributed by atoms with Crippen LogP contribution in [0, 0.1) is 0 Å². The van der Waals surface area contributed by atoms with Crippen LogP contribution < -0.4 is 5.73 Å². The second-order valence-corrected chi connectivity index (χ2v) is 4.48. The molecule has 4 nitrogen and oxygen atoms in total. The lowest BCUT2D eigenvalue weighted by Gasteiger charge is -2.27. The number of carbonyl (C=O) groups excluding carboxylic acids is 1. The zero-order chi connectivity index (χ0) is 12.3. The van der Waals surface area contributed by atoms with E-state index in [0.29, 0.717) is 6.42 Å². The number of rotatable bonds is 3. The van der Waals surface area contributed by atoms with Gasteiger partial charge < -0.3 is 10.6 Å². The van der Waals surface area contributed by atoms with Crippen LogP contribution in [0.25, 0.3) is 0 Å². The molecule has 0 aliphatic carbocycles. The molecule has 1 aromatic heterocycles. The molecule has 1 aromatic rings. The van der Waals surface area contributed by atoms with E-state index in [1.807, 2.05) is 24.0 Å². The van der Waals surface area contributed by atoms with Gasteiger partial charge in [-0.25, -0.2) is 0 Å². The van der Waals surface area contributed by atoms with E-state index in [1.165, 1.54) is 0 Å². The van der Waals surface area contributed by atoms with Crippen LogP contribution in [0.1, 0.15) is 37.8 Å². The molecule has 4 heteroatoms. The predicted octanol–water partition coefficient (Wildman–Crippen LogP) is 1.48. The Morgan fingerprint density at radius 2 is 2.29 bits per heavy atom. The summed E-state index contributed by atoms with van der Waals surface area (Å²) >= 11 is 0. The zero-order valence-corrected chi connectivity index (χ0v) is 10.2. The lowest BCUT2D eigenvalue weighted by atomic mass is 10.1. The minimum absolute atomic E-state index is 0.0758. The molecule has 1 fully saturated rings. The molecule has 0 saturated carbocycles. The minimum atomic E-state index is -0.363. The van der Waals surface area contributed by atoms with Crippen molar-refractivity contribution < 1.29 is 4.79 Å². The number of nitrogens with zero attached hydrogens (tertiary/aromatic N) is 2. The number of amides is 1. The summed E-state index contributed by atoms with van der Waals surface area (Å²) < 4.78 is 0. The van der Waals surface area contributed by atoms with Crippen LogP contribution >= 0.6 is 0 Å². The lowest BCUT2D eigenvalue weighted by molar-refractivity contribution is -0.133. The standard InChI is InChI=1S/C13H19N3O/c1-2-11(14)13(17)16-9-3-4-12(16)10-5-7-15-8-6-10/h5-8,11-12H,2-4,9,14H2,1H3. The van der Waals surface area contributed by atoms with Crippen molar-refractivity contribution in [3.05, 3.63) is 30.1 Å². The molecule has 2 rings (SSSR count). The van der Waals surface area contributed by atoms with E-state index in [2.05, 4.69) is 4.98 Å². The fourth-order valence-electron chi connectivity index (χ4n) is 2.35. The summed E-state index contributed by atoms with van der Waals surface area (Å²) in [6, 6.07) is 3.78. The Balaban J connectivity index is 2.15. The molecule has 1 amide bonds. The number of nitrogens with two attached hydrogens (primary N) is 1. The zero-order valence-electron chi connectivity index (χ0n) is 10.2. The van der Waals surface area contributed by atoms with Crippen molar-refractivity contribution in [1.82, 2.24) is 9.88 Å². The molecule has 2 heterocycles. The van der Waals surface area contributed by atoms with Crippen LogP contribution in [-0.4, -0.2) is 28.4 Å². The third kappa shape index (κ3) is 2.47. The number of hydrogen-bond donors (Lipinski definition) is 1. The Morgan fingerprint density at radius 1 is 1.59 bits per heavy atom. The predicted molar refractivity (Wildman–Crippen MR) is 66.2 cm³/mol. The van der Waals surface area contributed by atoms with E-state index >= 15 is 0 Å². The third-order valence-corrected chi connectivity index (χ3v) is 3.38. The molecule has 92 valence electrons. The number of hydrogen-bond acceptors (Lipinski definition) is 3. The van der Waals surface area contributed by atoms with Crippen LogP contribution in [0.3, 0.4) is 0 Å². The van der Waals surface area contributed by atoms with Gasteiger partial charge in [0.1, 0.15) is 0 Å². The summed E-state index contributed by atoms with van der Waals surface area (Å²) in [5.41, 5.74) is 6.99. The van der Waals surface area contributed by atoms with Crippen LogP contribution in [0.2, 0.25) is 0 Å². The van der Waals surface area contributed by atoms with Crippen molar-refractivity contribution in [2.45, 2.75) is 38.3 Å². The highest BCUT2D eigenvalue weighted by atomic mass is 16.2. The minimum Gasteiger partial charge on any atom is -0.334 e. The maximum absolute atomic E-state index is 12.1. The summed E-state index contributed by atoms with van der Waals surface area (Å²) in [5.74, 6) is 0.0758. The highest BCUT2D eigenvalue weighted by Gasteiger charge is 2.31. The Hall–Kier alpha value is -1.42. The van der Waals surface area contributed by atoms with Crippen molar-refractivity contribution in [3.8, 4) is 0 Å². The molecule has 0 radical (unpaired) electrons. The molecular weight excluding hydrogens is 214 g/mol. The molecule has 1 saturated heterocycles. The summed E-state index contributed by atoms with van der Waals surface area (Å²) in [7, 11) is 0. The smallest absolute Gasteiger partial charge is 0.239 e. The molecule has 2 N–H and O–H groups in total. The first-order chi connectivity index (χ1) is 8.24. The SMILES string of the molecule is CCC(N)C(=O)N1CCCC1c1ccncc1. The molecule has 2 unspecified atom stereocenters. The van der Waals surface area contributed by atoms with Crippen LogP contribution in [0.5, 0.6) is 0 Å². The van der Waals surface area contributed by atoms with Gasteiger partial charge in [0, 0.05) is 18.9 Å². The number of likely N-dealkylation sites (tertiary alicyclic amines) is 1. The first-order valence-electron chi connectivity index (χ1n) is 6.20. The van der Waals surface area contributed by atoms with E-state index in [1.54, 1.807) is 12.4 Å². The summed E-state index contributed by atoms with van der Waals surface area (Å²) in [5, 5.41) is 0. The molecule has 2 atom stereocenters. The lowest BCUT2D eigenvalue weighted by Crippen LogP contribution is -2.43. The highest BCUT2D eigenvalue weighted by molar-refractivity contribution is 5.82. The van der Waals surface area contributed by atoms with Crippen LogP contribution in [0.4, 0.5) is 0 Å². The first kappa shape index (κ1) is 12.0. The molecule has 0 aromatic carbocycles. The second kappa shape index (κ2) is 5.27. The van der Waals surface area contributed by atoms with Gasteiger partial charge in [0.05, 0.1) is 12.1 Å². The molecule has 1 aliphatic heterocycles. The topological polar surface area (TPSA) is 59.2 Å². The van der Waals surface area contributed by atoms with Crippen molar-refractivity contribution in [1.29, 1.82) is 0 Å². The maximum atomic E-state index is 12.1. The van der Waals surface area contributed by atoms with Gasteiger partial charge >= 0.3 is 0 Å². The summed E-state index contributed by atoms with van der Waals surface area (Å²) in [4.78, 5) is 18.1. The van der Waals surface area contributed by atoms with Gasteiger partial charge in [0.25, 0.3) is 0 Å². The average Bonchev–Trinajstić information content (AvgIpc) is 2.87. The second-order valence-electron chi connectivity index (χ2n) is 4.48. The van der Waals surface area contributed by atoms with Crippen molar-refractivity contribution in [2.75, 3.05) is 6.54 Å². The molecule has 0 spiro atoms. The Labute approximate surface area is 102 Å². The van der Waals surface area contributed by atoms with E-state index in [-0.39, 0.29) is 18.0 Å². The first-order valence-corrected chi connectivity index (χ1v) is 6.20. The van der Waals surface area contributed by atoms with Gasteiger partial charge in [0.2, 0.25) is 5.91 Å². The summed E-state index contributed by atoms with van der Waals surface area (Å²) in [6.45, 7) is 2.76. The largest absolute Gasteiger partial charge is 0.334 e. The molecule has 1 aliphatic rings. The monoisotopic (exact) mass is 233 g/mol. The van der Waals surface area contributed by atoms with Crippen LogP contribution in [0.15, 0.2) is 24.5 Å². The van der Waals surface area contributed by atoms with Crippen molar-refractivity contribution in [2.24, 2.45) is 5.73 Å². The van der Waals surface area contributed by atoms with E-state index in [0.717, 1.165) is 24.9 Å². The fraction of sp³-hybridized carbons (Fsp3) is 0.538. The number of pyridine rings is 1. The number of carbonyl (C=O) groups is 1. The van der Waals surface area contributed by atoms with Crippen molar-refractivity contribution in [3.63, 3.8) is 0 Å². The average molecular weight is 233 g/mol. The van der Waals surface area contributed by atoms with Gasteiger partial charge in [-0.2, -0.15) is 0 Å². The Kier molecular flexibility index (Phi) is 3.74. The maximum Gasteiger partial charge on any atom is 0.239 e. The van der Waals surface area contributed by atoms with Crippen LogP contribution in [-0.2, 0) is 4.79 Å². The van der Waals surface area contributed by atoms with Crippen molar-refractivity contribution >= 4 is 5.91 Å². The number of aromatic nitrogens is 1. The van der Waals surface area contributed by atoms with E-state index in [4.69, 9.17) is 5.73 Å². The molecule has 17 heavy (non-hydrogen) atoms. The third-order valence-electron chi connectivity index (χ3n) is 3.38. The Bertz CT molecular complexity index is 380. The fourth-order valence-corrected chi connectivity index (χ4v) is 2.35. The van der Waals surface area contributed by atoms with Gasteiger partial charge in [-0.15, -0.1) is 0 Å². The van der Waals surface area contributed by atoms with Gasteiger partial charge in [-0.05, 0) is 37.0 Å². The van der Waals surface area contributed by atoms with Gasteiger partial charge in [0.15, 0.2) is 0 Å². The molecule has 0 bridgehead atoms. The highest BCUT2D eigenvalue weighted by Crippen LogP contribution is 2.31. The summed E-state index contributed by atoms with van der Waals surface area (Å²) in [6.07, 6.45) is 6.31. The molecular formula is C13H19N3O. The quantitative estimate of drug-likeness (QED) is 0.860. The Morgan fingerprint density at radius 3 is 2.94 bits per heavy atom. The van der Waals surface area contributed by atoms with E-state index < -0.39 is 0 Å².